The van der Waals surface area contributed by atoms with Gasteiger partial charge in [-0.3, -0.25) is 4.98 Å². The molecule has 3 nitrogen and oxygen atoms in total. The molecule has 0 N–H and O–H groups in total. The predicted octanol–water partition coefficient (Wildman–Crippen LogP) is 16.5. The fourth-order valence-corrected chi connectivity index (χ4v) is 11.3. The number of fused-ring (bicyclic) bond motifs is 8. The van der Waals surface area contributed by atoms with Crippen LogP contribution in [0.1, 0.15) is 56.2 Å². The summed E-state index contributed by atoms with van der Waals surface area (Å²) in [5.74, 6) is 1.55. The van der Waals surface area contributed by atoms with Crippen molar-refractivity contribution in [1.29, 1.82) is 0 Å². The monoisotopic (exact) mass is 1070 g/mol. The minimum absolute atomic E-state index is 0. The van der Waals surface area contributed by atoms with Crippen molar-refractivity contribution in [2.24, 2.45) is 0 Å². The molecule has 0 saturated carbocycles. The molecule has 3 aromatic heterocycles. The third-order valence-corrected chi connectivity index (χ3v) is 15.9. The maximum absolute atomic E-state index is 5.33. The van der Waals surface area contributed by atoms with Gasteiger partial charge in [-0.2, -0.15) is 11.3 Å². The Morgan fingerprint density at radius 2 is 1.26 bits per heavy atom. The Morgan fingerprint density at radius 3 is 1.95 bits per heavy atom. The van der Waals surface area contributed by atoms with Crippen LogP contribution in [0, 0.1) is 19.1 Å². The topological polar surface area (TPSA) is 30.7 Å². The number of pyridine rings is 1. The molecule has 11 rings (SSSR count). The molecule has 0 bridgehead atoms. The van der Waals surface area contributed by atoms with E-state index in [0.29, 0.717) is 11.8 Å². The van der Waals surface area contributed by atoms with Crippen LogP contribution in [0.15, 0.2) is 164 Å². The van der Waals surface area contributed by atoms with Gasteiger partial charge in [0.2, 0.25) is 0 Å². The Balaban J connectivity index is 0.000000257. The second kappa shape index (κ2) is 18.3. The van der Waals surface area contributed by atoms with Crippen LogP contribution < -0.4 is 5.19 Å². The molecule has 0 saturated heterocycles. The van der Waals surface area contributed by atoms with Gasteiger partial charge in [0, 0.05) is 36.7 Å². The van der Waals surface area contributed by atoms with Crippen molar-refractivity contribution in [3.63, 3.8) is 0 Å². The van der Waals surface area contributed by atoms with Crippen LogP contribution in [-0.2, 0) is 20.1 Å². The van der Waals surface area contributed by atoms with E-state index in [0.717, 1.165) is 33.7 Å². The standard InChI is InChI=1S/C45H35N2S.C15H18NSi.Ir/c1-27(2)37-25-32(29-12-6-5-7-13-29)26-38(28(3)4)43(37)47-41-17-11-10-16-40(41)46-45(47)31-19-23-42-39(24-31)36-22-21-34-33-15-9-8-14-30(33)18-20-35(34)44(36)48-42;1-12-5-7-13(8-6-12)15-10-9-14(11-16-15)17(2,3)4;/h5-18,20-28H,1-4H3;5-7,9-11H,1-4H3;/q2*-1;. The first-order chi connectivity index (χ1) is 31.4. The molecule has 0 aliphatic rings. The van der Waals surface area contributed by atoms with Crippen LogP contribution in [0.25, 0.3) is 92.2 Å². The van der Waals surface area contributed by atoms with E-state index in [1.807, 2.05) is 23.6 Å². The van der Waals surface area contributed by atoms with Gasteiger partial charge in [-0.25, -0.2) is 0 Å². The van der Waals surface area contributed by atoms with E-state index in [2.05, 4.69) is 228 Å². The zero-order valence-corrected chi connectivity index (χ0v) is 43.0. The third kappa shape index (κ3) is 8.48. The Hall–Kier alpha value is -6.01. The Morgan fingerprint density at radius 1 is 0.591 bits per heavy atom. The number of rotatable bonds is 7. The zero-order chi connectivity index (χ0) is 45.0. The number of imidazole rings is 1. The zero-order valence-electron chi connectivity index (χ0n) is 38.8. The summed E-state index contributed by atoms with van der Waals surface area (Å²) in [6, 6.07) is 63.9. The average molecular weight is 1070 g/mol. The van der Waals surface area contributed by atoms with E-state index in [4.69, 9.17) is 4.98 Å². The van der Waals surface area contributed by atoms with Crippen molar-refractivity contribution in [3.05, 3.63) is 193 Å². The van der Waals surface area contributed by atoms with Crippen LogP contribution in [0.3, 0.4) is 0 Å². The Kier molecular flexibility index (Phi) is 12.5. The Bertz CT molecular complexity index is 3500. The van der Waals surface area contributed by atoms with Gasteiger partial charge in [-0.1, -0.05) is 163 Å². The molecule has 329 valence electrons. The van der Waals surface area contributed by atoms with Crippen LogP contribution in [0.4, 0.5) is 0 Å². The molecule has 0 unspecified atom stereocenters. The molecular formula is C60H53IrN3SSi-2. The molecule has 66 heavy (non-hydrogen) atoms. The summed E-state index contributed by atoms with van der Waals surface area (Å²) in [7, 11) is -1.24. The normalized spacial score (nSPS) is 11.8. The van der Waals surface area contributed by atoms with Crippen molar-refractivity contribution >= 4 is 77.3 Å². The van der Waals surface area contributed by atoms with Crippen molar-refractivity contribution < 1.29 is 20.1 Å². The summed E-state index contributed by atoms with van der Waals surface area (Å²) >= 11 is 1.86. The van der Waals surface area contributed by atoms with E-state index < -0.39 is 8.07 Å². The number of para-hydroxylation sites is 2. The molecule has 3 heterocycles. The van der Waals surface area contributed by atoms with E-state index >= 15 is 0 Å². The van der Waals surface area contributed by atoms with Gasteiger partial charge in [-0.15, -0.1) is 59.2 Å². The third-order valence-electron chi connectivity index (χ3n) is 12.7. The maximum atomic E-state index is 5.33. The number of nitrogens with zero attached hydrogens (tertiary/aromatic N) is 3. The van der Waals surface area contributed by atoms with Crippen LogP contribution in [0.5, 0.6) is 0 Å². The molecule has 11 aromatic rings. The fourth-order valence-electron chi connectivity index (χ4n) is 9.10. The molecule has 0 atom stereocenters. The number of aromatic nitrogens is 3. The number of benzene rings is 8. The van der Waals surface area contributed by atoms with Gasteiger partial charge in [0.1, 0.15) is 0 Å². The van der Waals surface area contributed by atoms with E-state index in [1.54, 1.807) is 0 Å². The van der Waals surface area contributed by atoms with Gasteiger partial charge in [0.25, 0.3) is 0 Å². The summed E-state index contributed by atoms with van der Waals surface area (Å²) in [5.41, 5.74) is 12.8. The molecule has 0 amide bonds. The first kappa shape index (κ1) is 45.2. The quantitative estimate of drug-likeness (QED) is 0.0905. The first-order valence-electron chi connectivity index (χ1n) is 22.8. The Labute approximate surface area is 407 Å². The first-order valence-corrected chi connectivity index (χ1v) is 27.1. The second-order valence-electron chi connectivity index (χ2n) is 19.0. The molecule has 0 spiro atoms. The number of hydrogen-bond acceptors (Lipinski definition) is 3. The van der Waals surface area contributed by atoms with Gasteiger partial charge in [0.15, 0.2) is 0 Å². The average Bonchev–Trinajstić information content (AvgIpc) is 3.90. The van der Waals surface area contributed by atoms with E-state index in [1.165, 1.54) is 80.4 Å². The van der Waals surface area contributed by atoms with Crippen LogP contribution >= 0.6 is 11.3 Å². The van der Waals surface area contributed by atoms with Gasteiger partial charge >= 0.3 is 0 Å². The molecule has 8 aromatic carbocycles. The molecule has 1 radical (unpaired) electrons. The van der Waals surface area contributed by atoms with Crippen LogP contribution in [0.2, 0.25) is 19.6 Å². The minimum atomic E-state index is -1.24. The largest absolute Gasteiger partial charge is 0.333 e. The smallest absolute Gasteiger partial charge is 0.0795 e. The van der Waals surface area contributed by atoms with Crippen molar-refractivity contribution in [2.75, 3.05) is 0 Å². The summed E-state index contributed by atoms with van der Waals surface area (Å²) < 4.78 is 4.99. The summed E-state index contributed by atoms with van der Waals surface area (Å²) in [4.78, 5) is 9.88. The number of hydrogen-bond donors (Lipinski definition) is 0. The molecule has 0 aliphatic carbocycles. The van der Waals surface area contributed by atoms with Crippen molar-refractivity contribution in [1.82, 2.24) is 14.5 Å². The maximum Gasteiger partial charge on any atom is 0.0795 e. The van der Waals surface area contributed by atoms with Gasteiger partial charge in [0.05, 0.1) is 24.9 Å². The van der Waals surface area contributed by atoms with E-state index in [9.17, 15) is 0 Å². The van der Waals surface area contributed by atoms with Gasteiger partial charge < -0.3 is 9.55 Å². The van der Waals surface area contributed by atoms with Gasteiger partial charge in [-0.05, 0) is 101 Å². The van der Waals surface area contributed by atoms with Crippen molar-refractivity contribution in [3.8, 4) is 39.5 Å². The summed E-state index contributed by atoms with van der Waals surface area (Å²) in [6.45, 7) is 18.3. The van der Waals surface area contributed by atoms with Crippen LogP contribution in [-0.4, -0.2) is 22.6 Å². The molecule has 6 heteroatoms. The summed E-state index contributed by atoms with van der Waals surface area (Å²) in [6.07, 6.45) is 2.02. The molecule has 0 aliphatic heterocycles. The van der Waals surface area contributed by atoms with E-state index in [-0.39, 0.29) is 20.1 Å². The second-order valence-corrected chi connectivity index (χ2v) is 25.1. The summed E-state index contributed by atoms with van der Waals surface area (Å²) in [5, 5.41) is 9.13. The molecule has 0 fully saturated rings. The SMILES string of the molecule is CC(C)c1cc(-c2ccccc2)cc(C(C)C)c1-n1c(-c2[c-]cc3sc4c(ccc5c6ccccc6ccc54)c3c2)nc2ccccc21.Cc1c[c-]c(-c2ccc([Si](C)(C)C)cn2)cc1.[Ir]. The minimum Gasteiger partial charge on any atom is -0.333 e. The number of thiophene rings is 1. The fraction of sp³-hybridized carbons (Fsp3) is 0.167. The molecular weight excluding hydrogens is 1020 g/mol. The predicted molar refractivity (Wildman–Crippen MR) is 283 cm³/mol. The van der Waals surface area contributed by atoms with Crippen molar-refractivity contribution in [2.45, 2.75) is 66.1 Å². The number of aryl methyl sites for hydroxylation is 1.